The number of alkyl halides is 2. The normalized spacial score (nSPS) is 19.8. The van der Waals surface area contributed by atoms with Gasteiger partial charge in [0.2, 0.25) is 0 Å². The van der Waals surface area contributed by atoms with E-state index in [0.717, 1.165) is 37.2 Å². The average molecular weight is 270 g/mol. The second-order valence-electron chi connectivity index (χ2n) is 5.02. The minimum absolute atomic E-state index is 0.136. The highest BCUT2D eigenvalue weighted by Crippen LogP contribution is 2.31. The standard InChI is InChI=1S/C14H20F2N2O/c1-10-4-5-13(19-9-14(15)16)12(7-10)18-6-2-3-11(17)8-18/h4-5,7,11,14H,2-3,6,8-9,17H2,1H3. The fourth-order valence-electron chi connectivity index (χ4n) is 2.38. The van der Waals surface area contributed by atoms with E-state index >= 15 is 0 Å². The van der Waals surface area contributed by atoms with Crippen LogP contribution in [-0.4, -0.2) is 32.2 Å². The van der Waals surface area contributed by atoms with Crippen molar-refractivity contribution in [2.45, 2.75) is 32.2 Å². The van der Waals surface area contributed by atoms with Gasteiger partial charge in [0.05, 0.1) is 5.69 Å². The number of rotatable bonds is 4. The molecule has 0 aromatic heterocycles. The summed E-state index contributed by atoms with van der Waals surface area (Å²) in [5.74, 6) is 0.514. The van der Waals surface area contributed by atoms with Gasteiger partial charge in [-0.15, -0.1) is 0 Å². The summed E-state index contributed by atoms with van der Waals surface area (Å²) in [4.78, 5) is 2.13. The van der Waals surface area contributed by atoms with Crippen LogP contribution in [0.3, 0.4) is 0 Å². The van der Waals surface area contributed by atoms with Gasteiger partial charge in [0.15, 0.2) is 0 Å². The number of ether oxygens (including phenoxy) is 1. The molecule has 0 bridgehead atoms. The van der Waals surface area contributed by atoms with Gasteiger partial charge in [0.25, 0.3) is 6.43 Å². The molecular weight excluding hydrogens is 250 g/mol. The van der Waals surface area contributed by atoms with Crippen molar-refractivity contribution in [1.82, 2.24) is 0 Å². The molecule has 1 fully saturated rings. The molecule has 0 aliphatic carbocycles. The summed E-state index contributed by atoms with van der Waals surface area (Å²) >= 11 is 0. The van der Waals surface area contributed by atoms with Crippen molar-refractivity contribution in [2.24, 2.45) is 5.73 Å². The Morgan fingerprint density at radius 1 is 1.47 bits per heavy atom. The number of hydrogen-bond acceptors (Lipinski definition) is 3. The molecule has 1 unspecified atom stereocenters. The van der Waals surface area contributed by atoms with Crippen LogP contribution in [0.2, 0.25) is 0 Å². The molecule has 0 amide bonds. The number of nitrogens with zero attached hydrogens (tertiary/aromatic N) is 1. The number of anilines is 1. The van der Waals surface area contributed by atoms with Gasteiger partial charge in [0.1, 0.15) is 12.4 Å². The summed E-state index contributed by atoms with van der Waals surface area (Å²) in [7, 11) is 0. The first kappa shape index (κ1) is 14.1. The topological polar surface area (TPSA) is 38.5 Å². The largest absolute Gasteiger partial charge is 0.485 e. The molecule has 106 valence electrons. The van der Waals surface area contributed by atoms with Crippen molar-refractivity contribution in [3.05, 3.63) is 23.8 Å². The van der Waals surface area contributed by atoms with Crippen molar-refractivity contribution in [3.63, 3.8) is 0 Å². The summed E-state index contributed by atoms with van der Waals surface area (Å²) in [6.07, 6.45) is -0.434. The van der Waals surface area contributed by atoms with Crippen molar-refractivity contribution in [3.8, 4) is 5.75 Å². The van der Waals surface area contributed by atoms with Crippen LogP contribution < -0.4 is 15.4 Å². The minimum atomic E-state index is -2.46. The van der Waals surface area contributed by atoms with E-state index in [1.54, 1.807) is 6.07 Å². The summed E-state index contributed by atoms with van der Waals surface area (Å²) < 4.78 is 29.8. The maximum Gasteiger partial charge on any atom is 0.272 e. The monoisotopic (exact) mass is 270 g/mol. The lowest BCUT2D eigenvalue weighted by molar-refractivity contribution is 0.0820. The molecule has 2 rings (SSSR count). The van der Waals surface area contributed by atoms with Crippen LogP contribution in [0.4, 0.5) is 14.5 Å². The van der Waals surface area contributed by atoms with Gasteiger partial charge in [-0.25, -0.2) is 8.78 Å². The van der Waals surface area contributed by atoms with Crippen LogP contribution in [-0.2, 0) is 0 Å². The van der Waals surface area contributed by atoms with Crippen molar-refractivity contribution in [1.29, 1.82) is 0 Å². The lowest BCUT2D eigenvalue weighted by atomic mass is 10.0. The van der Waals surface area contributed by atoms with E-state index < -0.39 is 13.0 Å². The van der Waals surface area contributed by atoms with Gasteiger partial charge in [-0.1, -0.05) is 6.07 Å². The number of piperidine rings is 1. The molecule has 0 spiro atoms. The summed E-state index contributed by atoms with van der Waals surface area (Å²) in [5.41, 5.74) is 7.92. The van der Waals surface area contributed by atoms with E-state index in [0.29, 0.717) is 5.75 Å². The first-order chi connectivity index (χ1) is 9.06. The van der Waals surface area contributed by atoms with Gasteiger partial charge in [-0.05, 0) is 37.5 Å². The Kier molecular flexibility index (Phi) is 4.58. The van der Waals surface area contributed by atoms with Gasteiger partial charge < -0.3 is 15.4 Å². The second-order valence-corrected chi connectivity index (χ2v) is 5.02. The molecule has 3 nitrogen and oxygen atoms in total. The highest BCUT2D eigenvalue weighted by molar-refractivity contribution is 5.60. The number of hydrogen-bond donors (Lipinski definition) is 1. The van der Waals surface area contributed by atoms with Crippen molar-refractivity contribution < 1.29 is 13.5 Å². The number of nitrogens with two attached hydrogens (primary N) is 1. The Balaban J connectivity index is 2.18. The first-order valence-electron chi connectivity index (χ1n) is 6.58. The highest BCUT2D eigenvalue weighted by atomic mass is 19.3. The molecule has 1 atom stereocenters. The van der Waals surface area contributed by atoms with Crippen LogP contribution in [0.1, 0.15) is 18.4 Å². The minimum Gasteiger partial charge on any atom is -0.485 e. The van der Waals surface area contributed by atoms with E-state index in [-0.39, 0.29) is 6.04 Å². The third-order valence-corrected chi connectivity index (χ3v) is 3.28. The molecule has 5 heteroatoms. The Labute approximate surface area is 112 Å². The van der Waals surface area contributed by atoms with Gasteiger partial charge in [0, 0.05) is 19.1 Å². The predicted molar refractivity (Wildman–Crippen MR) is 72.1 cm³/mol. The van der Waals surface area contributed by atoms with E-state index in [2.05, 4.69) is 4.90 Å². The smallest absolute Gasteiger partial charge is 0.272 e. The fraction of sp³-hybridized carbons (Fsp3) is 0.571. The van der Waals surface area contributed by atoms with E-state index in [4.69, 9.17) is 10.5 Å². The first-order valence-corrected chi connectivity index (χ1v) is 6.58. The second kappa shape index (κ2) is 6.19. The SMILES string of the molecule is Cc1ccc(OCC(F)F)c(N2CCCC(N)C2)c1. The zero-order chi connectivity index (χ0) is 13.8. The quantitative estimate of drug-likeness (QED) is 0.914. The summed E-state index contributed by atoms with van der Waals surface area (Å²) in [6.45, 7) is 3.04. The lowest BCUT2D eigenvalue weighted by Crippen LogP contribution is -2.43. The van der Waals surface area contributed by atoms with Gasteiger partial charge in [-0.2, -0.15) is 0 Å². The molecule has 1 aliphatic rings. The third kappa shape index (κ3) is 3.80. The Bertz CT molecular complexity index is 426. The summed E-state index contributed by atoms with van der Waals surface area (Å²) in [5, 5.41) is 0. The average Bonchev–Trinajstić information content (AvgIpc) is 2.37. The maximum atomic E-state index is 12.3. The molecule has 19 heavy (non-hydrogen) atoms. The Morgan fingerprint density at radius 2 is 2.26 bits per heavy atom. The van der Waals surface area contributed by atoms with E-state index in [9.17, 15) is 8.78 Å². The van der Waals surface area contributed by atoms with Crippen molar-refractivity contribution >= 4 is 5.69 Å². The number of halogens is 2. The van der Waals surface area contributed by atoms with Gasteiger partial charge >= 0.3 is 0 Å². The lowest BCUT2D eigenvalue weighted by Gasteiger charge is -2.33. The molecule has 0 saturated carbocycles. The van der Waals surface area contributed by atoms with E-state index in [1.165, 1.54) is 0 Å². The van der Waals surface area contributed by atoms with Crippen LogP contribution in [0, 0.1) is 6.92 Å². The molecule has 1 saturated heterocycles. The zero-order valence-electron chi connectivity index (χ0n) is 11.1. The third-order valence-electron chi connectivity index (χ3n) is 3.28. The highest BCUT2D eigenvalue weighted by Gasteiger charge is 2.20. The number of aryl methyl sites for hydroxylation is 1. The van der Waals surface area contributed by atoms with Crippen LogP contribution >= 0.6 is 0 Å². The molecule has 1 aromatic carbocycles. The summed E-state index contributed by atoms with van der Waals surface area (Å²) in [6, 6.07) is 5.73. The van der Waals surface area contributed by atoms with Crippen molar-refractivity contribution in [2.75, 3.05) is 24.6 Å². The molecule has 1 aromatic rings. The number of benzene rings is 1. The fourth-order valence-corrected chi connectivity index (χ4v) is 2.38. The van der Waals surface area contributed by atoms with Crippen LogP contribution in [0.5, 0.6) is 5.75 Å². The van der Waals surface area contributed by atoms with Crippen LogP contribution in [0.15, 0.2) is 18.2 Å². The van der Waals surface area contributed by atoms with Gasteiger partial charge in [-0.3, -0.25) is 0 Å². The maximum absolute atomic E-state index is 12.3. The molecule has 1 aliphatic heterocycles. The van der Waals surface area contributed by atoms with E-state index in [1.807, 2.05) is 19.1 Å². The molecule has 1 heterocycles. The molecule has 0 radical (unpaired) electrons. The van der Waals surface area contributed by atoms with Crippen LogP contribution in [0.25, 0.3) is 0 Å². The zero-order valence-corrected chi connectivity index (χ0v) is 11.1. The predicted octanol–water partition coefficient (Wildman–Crippen LogP) is 2.57. The Hall–Kier alpha value is -1.36. The Morgan fingerprint density at radius 3 is 2.95 bits per heavy atom. The molecular formula is C14H20F2N2O. The molecule has 2 N–H and O–H groups in total.